The summed E-state index contributed by atoms with van der Waals surface area (Å²) < 4.78 is 34.9. The number of barbiturate groups is 1. The van der Waals surface area contributed by atoms with Gasteiger partial charge in [0.05, 0.1) is 23.9 Å². The van der Waals surface area contributed by atoms with Gasteiger partial charge in [0, 0.05) is 32.1 Å². The van der Waals surface area contributed by atoms with Crippen molar-refractivity contribution in [2.45, 2.75) is 45.1 Å². The highest BCUT2D eigenvalue weighted by Gasteiger charge is 2.63. The van der Waals surface area contributed by atoms with E-state index in [4.69, 9.17) is 4.74 Å². The fourth-order valence-electron chi connectivity index (χ4n) is 5.81. The minimum atomic E-state index is -1.77. The first-order valence-corrected chi connectivity index (χ1v) is 11.9. The van der Waals surface area contributed by atoms with Crippen LogP contribution < -0.4 is 15.5 Å². The topological polar surface area (TPSA) is 108 Å². The second-order valence-electron chi connectivity index (χ2n) is 9.89. The minimum absolute atomic E-state index is 0.0384. The van der Waals surface area contributed by atoms with Crippen LogP contribution in [-0.4, -0.2) is 60.5 Å². The number of urea groups is 1. The molecule has 1 spiro atoms. The van der Waals surface area contributed by atoms with E-state index in [1.165, 1.54) is 23.1 Å². The van der Waals surface area contributed by atoms with E-state index in [0.717, 1.165) is 6.07 Å². The summed E-state index contributed by atoms with van der Waals surface area (Å²) in [7, 11) is 1.54. The van der Waals surface area contributed by atoms with Gasteiger partial charge < -0.3 is 14.5 Å². The molecule has 37 heavy (non-hydrogen) atoms. The molecular formula is C26H26F2N4O5. The van der Waals surface area contributed by atoms with Crippen LogP contribution in [0.1, 0.15) is 35.3 Å². The Kier molecular flexibility index (Phi) is 5.98. The molecule has 2 aromatic rings. The first-order chi connectivity index (χ1) is 17.5. The van der Waals surface area contributed by atoms with Crippen LogP contribution in [0, 0.1) is 17.0 Å². The molecule has 3 atom stereocenters. The molecule has 5 amide bonds. The summed E-state index contributed by atoms with van der Waals surface area (Å²) in [6.07, 6.45) is -1.19. The van der Waals surface area contributed by atoms with Crippen LogP contribution in [0.5, 0.6) is 0 Å². The van der Waals surface area contributed by atoms with Gasteiger partial charge in [-0.1, -0.05) is 12.1 Å². The number of hydrogen-bond donors (Lipinski definition) is 2. The molecule has 0 bridgehead atoms. The highest BCUT2D eigenvalue weighted by atomic mass is 19.1. The predicted molar refractivity (Wildman–Crippen MR) is 128 cm³/mol. The van der Waals surface area contributed by atoms with Crippen molar-refractivity contribution in [3.05, 3.63) is 64.7 Å². The van der Waals surface area contributed by atoms with Crippen molar-refractivity contribution in [1.29, 1.82) is 0 Å². The van der Waals surface area contributed by atoms with E-state index in [-0.39, 0.29) is 36.9 Å². The van der Waals surface area contributed by atoms with E-state index in [0.29, 0.717) is 11.1 Å². The second-order valence-corrected chi connectivity index (χ2v) is 9.89. The zero-order chi connectivity index (χ0) is 26.6. The highest BCUT2D eigenvalue weighted by molar-refractivity contribution is 6.20. The molecule has 3 heterocycles. The monoisotopic (exact) mass is 512 g/mol. The maximum Gasteiger partial charge on any atom is 0.328 e. The van der Waals surface area contributed by atoms with E-state index in [1.807, 2.05) is 0 Å². The second kappa shape index (κ2) is 8.91. The van der Waals surface area contributed by atoms with Crippen molar-refractivity contribution >= 4 is 29.4 Å². The van der Waals surface area contributed by atoms with Gasteiger partial charge in [0.15, 0.2) is 5.41 Å². The molecule has 11 heteroatoms. The summed E-state index contributed by atoms with van der Waals surface area (Å²) in [5.74, 6) is -3.13. The van der Waals surface area contributed by atoms with Gasteiger partial charge >= 0.3 is 6.03 Å². The van der Waals surface area contributed by atoms with Crippen LogP contribution in [0.4, 0.5) is 19.3 Å². The lowest BCUT2D eigenvalue weighted by Crippen LogP contribution is -2.75. The maximum atomic E-state index is 15.7. The number of halogens is 2. The number of fused-ring (bicyclic) bond motifs is 4. The Hall–Kier alpha value is -3.86. The number of carbonyl (C=O) groups excluding carboxylic acids is 4. The van der Waals surface area contributed by atoms with E-state index in [2.05, 4.69) is 10.6 Å². The molecule has 9 nitrogen and oxygen atoms in total. The van der Waals surface area contributed by atoms with Gasteiger partial charge in [0.2, 0.25) is 11.8 Å². The third-order valence-electron chi connectivity index (χ3n) is 7.28. The Morgan fingerprint density at radius 1 is 1.11 bits per heavy atom. The van der Waals surface area contributed by atoms with Crippen LogP contribution in [0.3, 0.4) is 0 Å². The molecule has 3 aliphatic rings. The smallest absolute Gasteiger partial charge is 0.328 e. The Labute approximate surface area is 211 Å². The number of rotatable bonds is 3. The van der Waals surface area contributed by atoms with Crippen molar-refractivity contribution in [1.82, 2.24) is 15.5 Å². The Bertz CT molecular complexity index is 1290. The predicted octanol–water partition coefficient (Wildman–Crippen LogP) is 2.13. The number of amides is 5. The van der Waals surface area contributed by atoms with Gasteiger partial charge in [-0.15, -0.1) is 0 Å². The minimum Gasteiger partial charge on any atom is -0.372 e. The molecule has 2 aromatic carbocycles. The number of hydrogen-bond acceptors (Lipinski definition) is 6. The molecule has 0 unspecified atom stereocenters. The molecular weight excluding hydrogens is 486 g/mol. The molecule has 0 aromatic heterocycles. The zero-order valence-electron chi connectivity index (χ0n) is 20.5. The lowest BCUT2D eigenvalue weighted by Gasteiger charge is -2.55. The SMILES string of the molecule is C[C@@H]1CN2c3c(F)cc(C(=O)N(C)Cc4ccc(F)cc4)cc3CC3(C(=O)NC(=O)NC3=O)[C@H]2[C@H](C)O1. The number of ether oxygens (including phenoxy) is 1. The van der Waals surface area contributed by atoms with Gasteiger partial charge in [-0.25, -0.2) is 13.6 Å². The molecule has 3 aliphatic heterocycles. The van der Waals surface area contributed by atoms with Crippen LogP contribution in [0.25, 0.3) is 0 Å². The average Bonchev–Trinajstić information content (AvgIpc) is 2.82. The normalized spacial score (nSPS) is 24.2. The van der Waals surface area contributed by atoms with Crippen LogP contribution in [0.15, 0.2) is 36.4 Å². The molecule has 0 radical (unpaired) electrons. The molecule has 2 N–H and O–H groups in total. The van der Waals surface area contributed by atoms with Crippen LogP contribution in [-0.2, 0) is 27.3 Å². The fourth-order valence-corrected chi connectivity index (χ4v) is 5.81. The zero-order valence-corrected chi connectivity index (χ0v) is 20.5. The lowest BCUT2D eigenvalue weighted by molar-refractivity contribution is -0.153. The Morgan fingerprint density at radius 3 is 2.41 bits per heavy atom. The number of nitrogens with one attached hydrogen (secondary N) is 2. The third kappa shape index (κ3) is 4.03. The summed E-state index contributed by atoms with van der Waals surface area (Å²) >= 11 is 0. The number of imide groups is 2. The Balaban J connectivity index is 1.56. The number of morpholine rings is 1. The van der Waals surface area contributed by atoms with Crippen LogP contribution >= 0.6 is 0 Å². The molecule has 2 fully saturated rings. The molecule has 0 saturated carbocycles. The van der Waals surface area contributed by atoms with Gasteiger partial charge in [-0.2, -0.15) is 0 Å². The van der Waals surface area contributed by atoms with Crippen LogP contribution in [0.2, 0.25) is 0 Å². The van der Waals surface area contributed by atoms with E-state index < -0.39 is 52.9 Å². The molecule has 0 aliphatic carbocycles. The molecule has 5 rings (SSSR count). The first kappa shape index (κ1) is 24.8. The third-order valence-corrected chi connectivity index (χ3v) is 7.28. The summed E-state index contributed by atoms with van der Waals surface area (Å²) in [4.78, 5) is 54.6. The maximum absolute atomic E-state index is 15.7. The van der Waals surface area contributed by atoms with Gasteiger partial charge in [0.1, 0.15) is 11.6 Å². The van der Waals surface area contributed by atoms with Crippen molar-refractivity contribution in [3.63, 3.8) is 0 Å². The van der Waals surface area contributed by atoms with Gasteiger partial charge in [0.25, 0.3) is 5.91 Å². The van der Waals surface area contributed by atoms with E-state index in [1.54, 1.807) is 37.9 Å². The standard InChI is InChI=1S/C26H26F2N4O5/c1-13-11-32-20-17(10-26(21(32)14(2)37-13)23(34)29-25(36)30-24(26)35)8-16(9-19(20)28)22(33)31(3)12-15-4-6-18(27)7-5-15/h4-9,13-14,21H,10-12H2,1-3H3,(H2,29,30,34,35,36)/t13-,14+,21-/m1/s1. The van der Waals surface area contributed by atoms with Gasteiger partial charge in [-0.05, 0) is 49.2 Å². The average molecular weight is 513 g/mol. The summed E-state index contributed by atoms with van der Waals surface area (Å²) in [5.41, 5.74) is -0.539. The fraction of sp³-hybridized carbons (Fsp3) is 0.385. The van der Waals surface area contributed by atoms with Crippen molar-refractivity contribution in [2.75, 3.05) is 18.5 Å². The van der Waals surface area contributed by atoms with Crippen molar-refractivity contribution < 1.29 is 32.7 Å². The summed E-state index contributed by atoms with van der Waals surface area (Å²) in [6, 6.07) is 6.52. The summed E-state index contributed by atoms with van der Waals surface area (Å²) in [5, 5.41) is 4.36. The lowest BCUT2D eigenvalue weighted by atomic mass is 9.66. The number of nitrogens with zero attached hydrogens (tertiary/aromatic N) is 2. The van der Waals surface area contributed by atoms with E-state index >= 15 is 4.39 Å². The van der Waals surface area contributed by atoms with E-state index in [9.17, 15) is 23.6 Å². The highest BCUT2D eigenvalue weighted by Crippen LogP contribution is 2.47. The first-order valence-electron chi connectivity index (χ1n) is 11.9. The number of benzene rings is 2. The number of carbonyl (C=O) groups is 4. The number of anilines is 1. The molecule has 194 valence electrons. The molecule has 2 saturated heterocycles. The summed E-state index contributed by atoms with van der Waals surface area (Å²) in [6.45, 7) is 3.87. The van der Waals surface area contributed by atoms with Crippen molar-refractivity contribution in [2.24, 2.45) is 5.41 Å². The quantitative estimate of drug-likeness (QED) is 0.611. The Morgan fingerprint density at radius 2 is 1.76 bits per heavy atom. The van der Waals surface area contributed by atoms with Gasteiger partial charge in [-0.3, -0.25) is 25.0 Å². The van der Waals surface area contributed by atoms with Crippen molar-refractivity contribution in [3.8, 4) is 0 Å². The largest absolute Gasteiger partial charge is 0.372 e.